The van der Waals surface area contributed by atoms with Gasteiger partial charge in [0.2, 0.25) is 10.0 Å². The maximum Gasteiger partial charge on any atom is 0.251 e. The lowest BCUT2D eigenvalue weighted by atomic mass is 10.1. The molecule has 10 heteroatoms. The predicted octanol–water partition coefficient (Wildman–Crippen LogP) is -0.651. The van der Waals surface area contributed by atoms with E-state index >= 15 is 0 Å². The summed E-state index contributed by atoms with van der Waals surface area (Å²) in [5, 5.41) is 5.58. The normalized spacial score (nSPS) is 19.6. The van der Waals surface area contributed by atoms with Gasteiger partial charge in [0.15, 0.2) is 9.84 Å². The zero-order chi connectivity index (χ0) is 18.5. The first kappa shape index (κ1) is 19.8. The first-order chi connectivity index (χ1) is 11.7. The molecule has 2 rings (SSSR count). The Hall–Kier alpha value is -1.49. The standard InChI is InChI=1S/C15H23N3O5S2/c1-16-6-7-17-15(19)13-3-2-4-14(9-13)25(22,23)18-10-12-5-8-24(20,21)11-12/h2-4,9,12,16,18H,5-8,10-11H2,1H3,(H,17,19). The summed E-state index contributed by atoms with van der Waals surface area (Å²) < 4.78 is 50.1. The summed E-state index contributed by atoms with van der Waals surface area (Å²) >= 11 is 0. The summed E-state index contributed by atoms with van der Waals surface area (Å²) in [5.74, 6) is -0.465. The molecular formula is C15H23N3O5S2. The predicted molar refractivity (Wildman–Crippen MR) is 94.7 cm³/mol. The summed E-state index contributed by atoms with van der Waals surface area (Å²) in [7, 11) is -5.09. The van der Waals surface area contributed by atoms with Gasteiger partial charge in [-0.2, -0.15) is 0 Å². The molecule has 25 heavy (non-hydrogen) atoms. The van der Waals surface area contributed by atoms with Crippen LogP contribution in [0.3, 0.4) is 0 Å². The lowest BCUT2D eigenvalue weighted by Crippen LogP contribution is -2.31. The van der Waals surface area contributed by atoms with E-state index in [0.717, 1.165) is 0 Å². The van der Waals surface area contributed by atoms with Crippen molar-refractivity contribution in [1.29, 1.82) is 0 Å². The number of carbonyl (C=O) groups is 1. The maximum atomic E-state index is 12.4. The topological polar surface area (TPSA) is 121 Å². The Morgan fingerprint density at radius 1 is 1.28 bits per heavy atom. The average Bonchev–Trinajstić information content (AvgIpc) is 2.92. The molecule has 0 bridgehead atoms. The molecule has 1 saturated heterocycles. The molecule has 0 aromatic heterocycles. The largest absolute Gasteiger partial charge is 0.351 e. The molecule has 1 aromatic carbocycles. The van der Waals surface area contributed by atoms with Gasteiger partial charge >= 0.3 is 0 Å². The highest BCUT2D eigenvalue weighted by Gasteiger charge is 2.29. The summed E-state index contributed by atoms with van der Waals surface area (Å²) in [6.45, 7) is 1.11. The van der Waals surface area contributed by atoms with Crippen molar-refractivity contribution in [2.24, 2.45) is 5.92 Å². The van der Waals surface area contributed by atoms with Crippen LogP contribution >= 0.6 is 0 Å². The van der Waals surface area contributed by atoms with Crippen molar-refractivity contribution in [3.05, 3.63) is 29.8 Å². The highest BCUT2D eigenvalue weighted by Crippen LogP contribution is 2.18. The van der Waals surface area contributed by atoms with Gasteiger partial charge in [-0.3, -0.25) is 4.79 Å². The third kappa shape index (κ3) is 5.77. The molecule has 1 aliphatic heterocycles. The van der Waals surface area contributed by atoms with Gasteiger partial charge in [-0.1, -0.05) is 6.07 Å². The van der Waals surface area contributed by atoms with Gasteiger partial charge < -0.3 is 10.6 Å². The van der Waals surface area contributed by atoms with E-state index in [1.54, 1.807) is 7.05 Å². The van der Waals surface area contributed by atoms with Crippen LogP contribution in [0, 0.1) is 5.92 Å². The van der Waals surface area contributed by atoms with Crippen molar-refractivity contribution in [2.75, 3.05) is 38.2 Å². The molecule has 0 aliphatic carbocycles. The van der Waals surface area contributed by atoms with Crippen molar-refractivity contribution >= 4 is 25.8 Å². The molecular weight excluding hydrogens is 366 g/mol. The van der Waals surface area contributed by atoms with Gasteiger partial charge in [0.1, 0.15) is 0 Å². The molecule has 0 radical (unpaired) electrons. The summed E-state index contributed by atoms with van der Waals surface area (Å²) in [4.78, 5) is 12.0. The van der Waals surface area contributed by atoms with E-state index in [1.165, 1.54) is 24.3 Å². The zero-order valence-electron chi connectivity index (χ0n) is 14.0. The molecule has 1 aromatic rings. The molecule has 8 nitrogen and oxygen atoms in total. The second kappa shape index (κ2) is 8.26. The molecule has 3 N–H and O–H groups in total. The number of sulfone groups is 1. The Balaban J connectivity index is 2.01. The number of amides is 1. The number of nitrogens with one attached hydrogen (secondary N) is 3. The molecule has 1 unspecified atom stereocenters. The molecule has 1 atom stereocenters. The highest BCUT2D eigenvalue weighted by molar-refractivity contribution is 7.91. The van der Waals surface area contributed by atoms with E-state index in [0.29, 0.717) is 19.5 Å². The minimum absolute atomic E-state index is 0.00340. The Kier molecular flexibility index (Phi) is 6.55. The molecule has 1 amide bonds. The lowest BCUT2D eigenvalue weighted by Gasteiger charge is -2.11. The van der Waals surface area contributed by atoms with Crippen molar-refractivity contribution in [1.82, 2.24) is 15.4 Å². The third-order valence-electron chi connectivity index (χ3n) is 3.96. The van der Waals surface area contributed by atoms with Crippen LogP contribution in [0.15, 0.2) is 29.2 Å². The van der Waals surface area contributed by atoms with Crippen molar-refractivity contribution in [2.45, 2.75) is 11.3 Å². The maximum absolute atomic E-state index is 12.4. The van der Waals surface area contributed by atoms with E-state index < -0.39 is 19.9 Å². The minimum atomic E-state index is -3.80. The van der Waals surface area contributed by atoms with Gasteiger partial charge in [0, 0.05) is 25.2 Å². The Morgan fingerprint density at radius 3 is 2.68 bits per heavy atom. The lowest BCUT2D eigenvalue weighted by molar-refractivity contribution is 0.0954. The number of hydrogen-bond donors (Lipinski definition) is 3. The van der Waals surface area contributed by atoms with Crippen molar-refractivity contribution in [3.8, 4) is 0 Å². The number of sulfonamides is 1. The first-order valence-electron chi connectivity index (χ1n) is 7.96. The van der Waals surface area contributed by atoms with E-state index in [2.05, 4.69) is 15.4 Å². The fraction of sp³-hybridized carbons (Fsp3) is 0.533. The van der Waals surface area contributed by atoms with Gasteiger partial charge in [0.25, 0.3) is 5.91 Å². The fourth-order valence-electron chi connectivity index (χ4n) is 2.55. The number of rotatable bonds is 8. The quantitative estimate of drug-likeness (QED) is 0.508. The number of likely N-dealkylation sites (N-methyl/N-ethyl adjacent to an activating group) is 1. The monoisotopic (exact) mass is 389 g/mol. The van der Waals surface area contributed by atoms with Crippen LogP contribution in [0.25, 0.3) is 0 Å². The summed E-state index contributed by atoms with van der Waals surface area (Å²) in [6, 6.07) is 5.75. The first-order valence-corrected chi connectivity index (χ1v) is 11.3. The van der Waals surface area contributed by atoms with E-state index in [-0.39, 0.29) is 40.3 Å². The second-order valence-electron chi connectivity index (χ2n) is 6.01. The Labute approximate surface area is 148 Å². The van der Waals surface area contributed by atoms with Crippen LogP contribution in [0.4, 0.5) is 0 Å². The molecule has 1 aliphatic rings. The van der Waals surface area contributed by atoms with E-state index in [4.69, 9.17) is 0 Å². The van der Waals surface area contributed by atoms with Crippen LogP contribution in [0.1, 0.15) is 16.8 Å². The van der Waals surface area contributed by atoms with Crippen molar-refractivity contribution < 1.29 is 21.6 Å². The summed E-state index contributed by atoms with van der Waals surface area (Å²) in [6.07, 6.45) is 0.457. The molecule has 0 spiro atoms. The van der Waals surface area contributed by atoms with Crippen molar-refractivity contribution in [3.63, 3.8) is 0 Å². The Morgan fingerprint density at radius 2 is 2.04 bits per heavy atom. The fourth-order valence-corrected chi connectivity index (χ4v) is 5.57. The van der Waals surface area contributed by atoms with Gasteiger partial charge in [-0.25, -0.2) is 21.6 Å². The number of benzene rings is 1. The second-order valence-corrected chi connectivity index (χ2v) is 10.0. The summed E-state index contributed by atoms with van der Waals surface area (Å²) in [5.41, 5.74) is 0.252. The molecule has 1 heterocycles. The van der Waals surface area contributed by atoms with Gasteiger partial charge in [-0.05, 0) is 37.6 Å². The molecule has 0 saturated carbocycles. The third-order valence-corrected chi connectivity index (χ3v) is 7.21. The smallest absolute Gasteiger partial charge is 0.251 e. The van der Waals surface area contributed by atoms with Crippen LogP contribution < -0.4 is 15.4 Å². The van der Waals surface area contributed by atoms with Crippen LogP contribution in [0.5, 0.6) is 0 Å². The van der Waals surface area contributed by atoms with Gasteiger partial charge in [0.05, 0.1) is 16.4 Å². The van der Waals surface area contributed by atoms with Gasteiger partial charge in [-0.15, -0.1) is 0 Å². The Bertz CT molecular complexity index is 821. The van der Waals surface area contributed by atoms with E-state index in [1.807, 2.05) is 0 Å². The highest BCUT2D eigenvalue weighted by atomic mass is 32.2. The minimum Gasteiger partial charge on any atom is -0.351 e. The number of carbonyl (C=O) groups excluding carboxylic acids is 1. The zero-order valence-corrected chi connectivity index (χ0v) is 15.6. The van der Waals surface area contributed by atoms with Crippen LogP contribution in [-0.4, -0.2) is 60.9 Å². The molecule has 140 valence electrons. The SMILES string of the molecule is CNCCNC(=O)c1cccc(S(=O)(=O)NCC2CCS(=O)(=O)C2)c1. The van der Waals surface area contributed by atoms with Crippen LogP contribution in [0.2, 0.25) is 0 Å². The number of hydrogen-bond acceptors (Lipinski definition) is 6. The average molecular weight is 389 g/mol. The van der Waals surface area contributed by atoms with Crippen LogP contribution in [-0.2, 0) is 19.9 Å². The molecule has 1 fully saturated rings. The van der Waals surface area contributed by atoms with E-state index in [9.17, 15) is 21.6 Å².